The second-order valence-corrected chi connectivity index (χ2v) is 7.52. The zero-order chi connectivity index (χ0) is 17.3. The number of aromatic nitrogens is 2. The highest BCUT2D eigenvalue weighted by molar-refractivity contribution is 7.09. The van der Waals surface area contributed by atoms with Crippen molar-refractivity contribution in [1.29, 1.82) is 0 Å². The largest absolute Gasteiger partial charge is 0.486 e. The fraction of sp³-hybridized carbons (Fsp3) is 0.333. The number of benzene rings is 1. The van der Waals surface area contributed by atoms with Crippen LogP contribution < -0.4 is 4.74 Å². The van der Waals surface area contributed by atoms with Crippen molar-refractivity contribution in [3.63, 3.8) is 0 Å². The molecule has 0 spiro atoms. The number of carbonyl (C=O) groups excluding carboxylic acids is 1. The molecule has 0 saturated carbocycles. The van der Waals surface area contributed by atoms with Crippen LogP contribution in [-0.4, -0.2) is 21.2 Å². The Hall–Kier alpha value is -2.34. The van der Waals surface area contributed by atoms with E-state index in [0.29, 0.717) is 6.61 Å². The second-order valence-electron chi connectivity index (χ2n) is 6.54. The predicted octanol–water partition coefficient (Wildman–Crippen LogP) is 4.77. The van der Waals surface area contributed by atoms with E-state index in [2.05, 4.69) is 4.98 Å². The van der Waals surface area contributed by atoms with E-state index in [9.17, 15) is 4.79 Å². The number of thiazole rings is 1. The summed E-state index contributed by atoms with van der Waals surface area (Å²) < 4.78 is 12.8. The quantitative estimate of drug-likeness (QED) is 0.687. The number of hydrogen-bond donors (Lipinski definition) is 0. The highest BCUT2D eigenvalue weighted by Gasteiger charge is 2.21. The van der Waals surface area contributed by atoms with Crippen LogP contribution in [0.2, 0.25) is 0 Å². The van der Waals surface area contributed by atoms with Gasteiger partial charge in [-0.2, -0.15) is 0 Å². The van der Waals surface area contributed by atoms with Crippen LogP contribution in [-0.2, 0) is 11.3 Å². The van der Waals surface area contributed by atoms with Gasteiger partial charge in [-0.1, -0.05) is 0 Å². The monoisotopic (exact) mass is 344 g/mol. The maximum absolute atomic E-state index is 12.4. The van der Waals surface area contributed by atoms with E-state index in [0.717, 1.165) is 27.4 Å². The normalized spacial score (nSPS) is 11.7. The third-order valence-electron chi connectivity index (χ3n) is 3.38. The highest BCUT2D eigenvalue weighted by Crippen LogP contribution is 2.26. The van der Waals surface area contributed by atoms with Gasteiger partial charge in [0, 0.05) is 22.7 Å². The van der Waals surface area contributed by atoms with Gasteiger partial charge in [0.25, 0.3) is 0 Å². The van der Waals surface area contributed by atoms with Gasteiger partial charge < -0.3 is 9.47 Å². The van der Waals surface area contributed by atoms with Crippen molar-refractivity contribution in [2.24, 2.45) is 0 Å². The SMILES string of the molecule is Cc1cc2cc(OCc3nccs3)ccc2n1C(=O)OC(C)(C)C. The van der Waals surface area contributed by atoms with Crippen molar-refractivity contribution in [3.05, 3.63) is 46.5 Å². The fourth-order valence-corrected chi connectivity index (χ4v) is 2.97. The standard InChI is InChI=1S/C18H20N2O3S/c1-12-9-13-10-14(22-11-16-19-7-8-24-16)5-6-15(13)20(12)17(21)23-18(2,3)4/h5-10H,11H2,1-4H3. The summed E-state index contributed by atoms with van der Waals surface area (Å²) in [6, 6.07) is 7.62. The zero-order valence-electron chi connectivity index (χ0n) is 14.2. The number of carbonyl (C=O) groups is 1. The van der Waals surface area contributed by atoms with E-state index in [1.54, 1.807) is 22.1 Å². The van der Waals surface area contributed by atoms with Gasteiger partial charge in [0.1, 0.15) is 23.0 Å². The maximum atomic E-state index is 12.4. The Morgan fingerprint density at radius 3 is 2.75 bits per heavy atom. The van der Waals surface area contributed by atoms with Crippen LogP contribution in [0.1, 0.15) is 31.5 Å². The molecule has 126 valence electrons. The zero-order valence-corrected chi connectivity index (χ0v) is 15.0. The summed E-state index contributed by atoms with van der Waals surface area (Å²) in [5, 5.41) is 3.79. The summed E-state index contributed by atoms with van der Waals surface area (Å²) in [4.78, 5) is 16.6. The van der Waals surface area contributed by atoms with Gasteiger partial charge in [-0.05, 0) is 52.0 Å². The number of aryl methyl sites for hydroxylation is 1. The van der Waals surface area contributed by atoms with Gasteiger partial charge in [-0.3, -0.25) is 0 Å². The number of rotatable bonds is 3. The van der Waals surface area contributed by atoms with E-state index in [1.807, 2.05) is 57.3 Å². The van der Waals surface area contributed by atoms with Crippen molar-refractivity contribution in [1.82, 2.24) is 9.55 Å². The molecule has 0 bridgehead atoms. The molecule has 0 atom stereocenters. The molecule has 5 nitrogen and oxygen atoms in total. The van der Waals surface area contributed by atoms with Crippen LogP contribution in [0.15, 0.2) is 35.8 Å². The number of nitrogens with zero attached hydrogens (tertiary/aromatic N) is 2. The molecule has 3 aromatic rings. The topological polar surface area (TPSA) is 53.4 Å². The molecule has 2 heterocycles. The molecule has 0 aliphatic carbocycles. The molecule has 24 heavy (non-hydrogen) atoms. The van der Waals surface area contributed by atoms with Crippen LogP contribution in [0.4, 0.5) is 4.79 Å². The number of hydrogen-bond acceptors (Lipinski definition) is 5. The van der Waals surface area contributed by atoms with Gasteiger partial charge in [0.2, 0.25) is 0 Å². The molecular formula is C18H20N2O3S. The molecule has 1 aromatic carbocycles. The average Bonchev–Trinajstić information content (AvgIpc) is 3.08. The van der Waals surface area contributed by atoms with Gasteiger partial charge >= 0.3 is 6.09 Å². The molecule has 0 unspecified atom stereocenters. The van der Waals surface area contributed by atoms with Gasteiger partial charge in [0.15, 0.2) is 0 Å². The van der Waals surface area contributed by atoms with Crippen LogP contribution in [0, 0.1) is 6.92 Å². The molecule has 6 heteroatoms. The van der Waals surface area contributed by atoms with Gasteiger partial charge in [-0.25, -0.2) is 14.3 Å². The Morgan fingerprint density at radius 1 is 1.29 bits per heavy atom. The predicted molar refractivity (Wildman–Crippen MR) is 94.8 cm³/mol. The van der Waals surface area contributed by atoms with Crippen LogP contribution in [0.5, 0.6) is 5.75 Å². The molecule has 0 aliphatic rings. The van der Waals surface area contributed by atoms with Crippen molar-refractivity contribution in [2.75, 3.05) is 0 Å². The van der Waals surface area contributed by atoms with Crippen molar-refractivity contribution < 1.29 is 14.3 Å². The summed E-state index contributed by atoms with van der Waals surface area (Å²) in [5.74, 6) is 0.749. The Balaban J connectivity index is 1.85. The van der Waals surface area contributed by atoms with E-state index in [4.69, 9.17) is 9.47 Å². The summed E-state index contributed by atoms with van der Waals surface area (Å²) in [6.07, 6.45) is 1.39. The third kappa shape index (κ3) is 3.59. The summed E-state index contributed by atoms with van der Waals surface area (Å²) in [6.45, 7) is 7.90. The minimum Gasteiger partial charge on any atom is -0.486 e. The molecule has 0 radical (unpaired) electrons. The van der Waals surface area contributed by atoms with Crippen molar-refractivity contribution in [3.8, 4) is 5.75 Å². The number of ether oxygens (including phenoxy) is 2. The molecule has 2 aromatic heterocycles. The highest BCUT2D eigenvalue weighted by atomic mass is 32.1. The molecular weight excluding hydrogens is 324 g/mol. The lowest BCUT2D eigenvalue weighted by molar-refractivity contribution is 0.0541. The summed E-state index contributed by atoms with van der Waals surface area (Å²) in [7, 11) is 0. The number of fused-ring (bicyclic) bond motifs is 1. The van der Waals surface area contributed by atoms with Gasteiger partial charge in [0.05, 0.1) is 5.52 Å². The minimum atomic E-state index is -0.531. The van der Waals surface area contributed by atoms with E-state index in [-0.39, 0.29) is 6.09 Å². The lowest BCUT2D eigenvalue weighted by Gasteiger charge is -2.20. The van der Waals surface area contributed by atoms with E-state index in [1.165, 1.54) is 0 Å². The molecule has 3 rings (SSSR count). The average molecular weight is 344 g/mol. The minimum absolute atomic E-state index is 0.369. The van der Waals surface area contributed by atoms with Crippen molar-refractivity contribution >= 4 is 28.3 Å². The first-order valence-electron chi connectivity index (χ1n) is 7.70. The smallest absolute Gasteiger partial charge is 0.419 e. The first-order valence-corrected chi connectivity index (χ1v) is 8.58. The molecule has 0 N–H and O–H groups in total. The van der Waals surface area contributed by atoms with Crippen LogP contribution in [0.25, 0.3) is 10.9 Å². The Bertz CT molecular complexity index is 860. The van der Waals surface area contributed by atoms with Gasteiger partial charge in [-0.15, -0.1) is 11.3 Å². The second kappa shape index (κ2) is 6.28. The molecule has 0 amide bonds. The first kappa shape index (κ1) is 16.5. The first-order chi connectivity index (χ1) is 11.3. The fourth-order valence-electron chi connectivity index (χ4n) is 2.44. The van der Waals surface area contributed by atoms with E-state index >= 15 is 0 Å². The lowest BCUT2D eigenvalue weighted by atomic mass is 10.2. The Kier molecular flexibility index (Phi) is 4.32. The summed E-state index contributed by atoms with van der Waals surface area (Å²) >= 11 is 1.56. The Labute approximate surface area is 144 Å². The molecule has 0 fully saturated rings. The maximum Gasteiger partial charge on any atom is 0.419 e. The van der Waals surface area contributed by atoms with E-state index < -0.39 is 5.60 Å². The molecule has 0 saturated heterocycles. The van der Waals surface area contributed by atoms with Crippen LogP contribution in [0.3, 0.4) is 0 Å². The third-order valence-corrected chi connectivity index (χ3v) is 4.13. The van der Waals surface area contributed by atoms with Crippen LogP contribution >= 0.6 is 11.3 Å². The lowest BCUT2D eigenvalue weighted by Crippen LogP contribution is -2.27. The summed E-state index contributed by atoms with van der Waals surface area (Å²) in [5.41, 5.74) is 1.11. The van der Waals surface area contributed by atoms with Crippen molar-refractivity contribution in [2.45, 2.75) is 39.9 Å². The molecule has 0 aliphatic heterocycles. The Morgan fingerprint density at radius 2 is 2.08 bits per heavy atom.